The van der Waals surface area contributed by atoms with Gasteiger partial charge in [0.05, 0.1) is 17.2 Å². The van der Waals surface area contributed by atoms with Gasteiger partial charge in [0.15, 0.2) is 11.4 Å². The molecule has 0 spiro atoms. The largest absolute Gasteiger partial charge is 0.510 e. The van der Waals surface area contributed by atoms with E-state index in [1.807, 2.05) is 18.7 Å². The van der Waals surface area contributed by atoms with Gasteiger partial charge < -0.3 is 26.2 Å². The van der Waals surface area contributed by atoms with Crippen molar-refractivity contribution in [2.24, 2.45) is 23.0 Å². The lowest BCUT2D eigenvalue weighted by molar-refractivity contribution is -0.148. The van der Waals surface area contributed by atoms with E-state index in [1.54, 1.807) is 0 Å². The lowest BCUT2D eigenvalue weighted by Gasteiger charge is -2.50. The third-order valence-electron chi connectivity index (χ3n) is 9.46. The third-order valence-corrected chi connectivity index (χ3v) is 9.46. The van der Waals surface area contributed by atoms with Crippen LogP contribution in [0, 0.1) is 17.3 Å². The van der Waals surface area contributed by atoms with Crippen molar-refractivity contribution in [1.29, 1.82) is 0 Å². The van der Waals surface area contributed by atoms with Crippen LogP contribution in [0.3, 0.4) is 0 Å². The van der Waals surface area contributed by atoms with Crippen molar-refractivity contribution in [3.05, 3.63) is 51.0 Å². The molecule has 1 aromatic rings. The molecule has 0 radical (unpaired) electrons. The molecule has 1 fully saturated rings. The monoisotopic (exact) mass is 607 g/mol. The number of carbonyl (C=O) groups is 3. The molecule has 10 nitrogen and oxygen atoms in total. The molecule has 0 saturated carbocycles. The van der Waals surface area contributed by atoms with Gasteiger partial charge >= 0.3 is 6.18 Å². The number of benzene rings is 1. The van der Waals surface area contributed by atoms with Crippen LogP contribution < -0.4 is 5.73 Å². The highest BCUT2D eigenvalue weighted by Crippen LogP contribution is 2.54. The summed E-state index contributed by atoms with van der Waals surface area (Å²) in [4.78, 5) is 42.6. The number of rotatable bonds is 4. The van der Waals surface area contributed by atoms with E-state index in [0.717, 1.165) is 18.9 Å². The van der Waals surface area contributed by atoms with Crippen LogP contribution in [0.25, 0.3) is 0 Å². The number of nitrogens with two attached hydrogens (primary N) is 1. The maximum Gasteiger partial charge on any atom is 0.417 e. The number of hydrogen-bond acceptors (Lipinski definition) is 9. The summed E-state index contributed by atoms with van der Waals surface area (Å²) in [6.07, 6.45) is -3.89. The van der Waals surface area contributed by atoms with Gasteiger partial charge in [0.2, 0.25) is 5.78 Å². The number of likely N-dealkylation sites (tertiary alicyclic amines) is 1. The third kappa shape index (κ3) is 4.72. The van der Waals surface area contributed by atoms with Gasteiger partial charge in [0.25, 0.3) is 5.91 Å². The first-order valence-corrected chi connectivity index (χ1v) is 14.1. The fraction of sp³-hybridized carbons (Fsp3) is 0.567. The molecule has 1 saturated heterocycles. The summed E-state index contributed by atoms with van der Waals surface area (Å²) in [6, 6.07) is -0.311. The Balaban J connectivity index is 1.67. The number of likely N-dealkylation sites (N-methyl/N-ethyl adjacent to an activating group) is 1. The van der Waals surface area contributed by atoms with E-state index >= 15 is 0 Å². The zero-order chi connectivity index (χ0) is 32.0. The Labute approximate surface area is 246 Å². The fourth-order valence-corrected chi connectivity index (χ4v) is 7.79. The maximum absolute atomic E-state index is 14.8. The molecule has 43 heavy (non-hydrogen) atoms. The smallest absolute Gasteiger partial charge is 0.417 e. The minimum Gasteiger partial charge on any atom is -0.510 e. The second-order valence-electron chi connectivity index (χ2n) is 13.2. The molecule has 0 aromatic heterocycles. The van der Waals surface area contributed by atoms with Crippen LogP contribution in [0.15, 0.2) is 28.7 Å². The Morgan fingerprint density at radius 2 is 1.84 bits per heavy atom. The van der Waals surface area contributed by atoms with E-state index in [9.17, 15) is 48.0 Å². The van der Waals surface area contributed by atoms with Crippen LogP contribution in [0.4, 0.5) is 13.2 Å². The number of amides is 1. The fourth-order valence-electron chi connectivity index (χ4n) is 7.79. The van der Waals surface area contributed by atoms with Crippen molar-refractivity contribution in [1.82, 2.24) is 9.80 Å². The zero-order valence-electron chi connectivity index (χ0n) is 24.4. The van der Waals surface area contributed by atoms with E-state index < -0.39 is 98.7 Å². The van der Waals surface area contributed by atoms with E-state index in [0.29, 0.717) is 13.1 Å². The number of allylic oxidation sites excluding steroid dienone is 1. The normalized spacial score (nSPS) is 29.5. The topological polar surface area (TPSA) is 165 Å². The molecule has 1 aromatic carbocycles. The standard InChI is InChI=1S/C30H36F3N3O7/c1-28(2)6-5-7-36(12-28)11-14-10-17(37)19-15(21(14)30(31,32)33)8-13-9-16-22(35(3)4)24(39)20(27(34)42)26(41)29(16,43)25(40)18(13)23(19)38/h10,13,16,22,37,39-40,43H,5-9,11-12H2,1-4H3,(H2,34,42)/t13-,16-,22-,29-/m0/s1. The molecule has 0 unspecified atom stereocenters. The van der Waals surface area contributed by atoms with Gasteiger partial charge in [0.1, 0.15) is 22.8 Å². The maximum atomic E-state index is 14.8. The van der Waals surface area contributed by atoms with Crippen LogP contribution in [0.1, 0.15) is 60.2 Å². The van der Waals surface area contributed by atoms with E-state index in [4.69, 9.17) is 5.73 Å². The minimum atomic E-state index is -4.89. The van der Waals surface area contributed by atoms with Crippen molar-refractivity contribution in [3.63, 3.8) is 0 Å². The number of phenolic OH excluding ortho intramolecular Hbond substituents is 1. The Morgan fingerprint density at radius 3 is 2.40 bits per heavy atom. The Kier molecular flexibility index (Phi) is 7.26. The number of aliphatic hydroxyl groups excluding tert-OH is 2. The first-order valence-electron chi connectivity index (χ1n) is 14.1. The van der Waals surface area contributed by atoms with Crippen molar-refractivity contribution >= 4 is 17.5 Å². The molecule has 1 heterocycles. The Bertz CT molecular complexity index is 1500. The first-order chi connectivity index (χ1) is 19.8. The van der Waals surface area contributed by atoms with Crippen LogP contribution in [0.5, 0.6) is 5.75 Å². The Hall–Kier alpha value is -3.42. The number of halogens is 3. The highest BCUT2D eigenvalue weighted by Gasteiger charge is 2.63. The number of nitrogens with zero attached hydrogens (tertiary/aromatic N) is 2. The molecule has 3 aliphatic carbocycles. The molecule has 1 amide bonds. The average Bonchev–Trinajstić information content (AvgIpc) is 2.84. The molecule has 5 rings (SSSR count). The second-order valence-corrected chi connectivity index (χ2v) is 13.2. The average molecular weight is 608 g/mol. The lowest BCUT2D eigenvalue weighted by atomic mass is 9.58. The number of aliphatic hydroxyl groups is 3. The van der Waals surface area contributed by atoms with E-state index in [1.165, 1.54) is 19.0 Å². The number of fused-ring (bicyclic) bond motifs is 3. The molecule has 6 N–H and O–H groups in total. The quantitative estimate of drug-likeness (QED) is 0.324. The SMILES string of the molecule is CN(C)[C@@H]1C(O)=C(C(N)=O)C(=O)[C@@]2(O)C(O)=C3C(=O)c4c(O)cc(CN5CCCC(C)(C)C5)c(C(F)(F)F)c4C[C@H]3C[C@@H]12. The summed E-state index contributed by atoms with van der Waals surface area (Å²) in [5.74, 6) is -8.95. The molecule has 0 bridgehead atoms. The minimum absolute atomic E-state index is 0.0972. The number of Topliss-reactive ketones (excluding diaryl/α,β-unsaturated/α-hetero) is 2. The van der Waals surface area contributed by atoms with Gasteiger partial charge in [-0.2, -0.15) is 13.2 Å². The number of carbonyl (C=O) groups excluding carboxylic acids is 3. The highest BCUT2D eigenvalue weighted by atomic mass is 19.4. The summed E-state index contributed by atoms with van der Waals surface area (Å²) in [6.45, 7) is 5.10. The van der Waals surface area contributed by atoms with Gasteiger partial charge in [0, 0.05) is 24.6 Å². The Morgan fingerprint density at radius 1 is 1.19 bits per heavy atom. The van der Waals surface area contributed by atoms with Crippen LogP contribution in [0.2, 0.25) is 0 Å². The number of alkyl halides is 3. The summed E-state index contributed by atoms with van der Waals surface area (Å²) in [5, 5.41) is 44.9. The number of ketones is 2. The predicted molar refractivity (Wildman–Crippen MR) is 147 cm³/mol. The molecule has 1 aliphatic heterocycles. The first kappa shape index (κ1) is 31.0. The molecule has 13 heteroatoms. The van der Waals surface area contributed by atoms with Gasteiger partial charge in [-0.05, 0) is 74.8 Å². The van der Waals surface area contributed by atoms with Gasteiger partial charge in [-0.15, -0.1) is 0 Å². The summed E-state index contributed by atoms with van der Waals surface area (Å²) >= 11 is 0. The van der Waals surface area contributed by atoms with Crippen LogP contribution in [-0.2, 0) is 28.7 Å². The van der Waals surface area contributed by atoms with Crippen LogP contribution in [-0.4, -0.2) is 86.5 Å². The molecule has 4 atom stereocenters. The number of piperidine rings is 1. The second kappa shape index (κ2) is 10.1. The van der Waals surface area contributed by atoms with Gasteiger partial charge in [-0.25, -0.2) is 0 Å². The van der Waals surface area contributed by atoms with Crippen molar-refractivity contribution < 1.29 is 48.0 Å². The van der Waals surface area contributed by atoms with Crippen molar-refractivity contribution in [3.8, 4) is 5.75 Å². The lowest BCUT2D eigenvalue weighted by Crippen LogP contribution is -2.63. The predicted octanol–water partition coefficient (Wildman–Crippen LogP) is 2.76. The molecule has 234 valence electrons. The van der Waals surface area contributed by atoms with Crippen molar-refractivity contribution in [2.75, 3.05) is 27.2 Å². The zero-order valence-corrected chi connectivity index (χ0v) is 24.4. The number of hydrogen-bond donors (Lipinski definition) is 5. The molecular formula is C30H36F3N3O7. The van der Waals surface area contributed by atoms with Crippen molar-refractivity contribution in [2.45, 2.75) is 63.9 Å². The molecule has 4 aliphatic rings. The van der Waals surface area contributed by atoms with Crippen LogP contribution >= 0.6 is 0 Å². The number of primary amides is 1. The van der Waals surface area contributed by atoms with Gasteiger partial charge in [-0.3, -0.25) is 24.2 Å². The highest BCUT2D eigenvalue weighted by molar-refractivity contribution is 6.24. The summed E-state index contributed by atoms with van der Waals surface area (Å²) in [5.41, 5.74) is -1.40. The summed E-state index contributed by atoms with van der Waals surface area (Å²) in [7, 11) is 2.95. The number of phenols is 1. The van der Waals surface area contributed by atoms with E-state index in [-0.39, 0.29) is 23.9 Å². The molecular weight excluding hydrogens is 571 g/mol. The summed E-state index contributed by atoms with van der Waals surface area (Å²) < 4.78 is 44.3. The van der Waals surface area contributed by atoms with E-state index in [2.05, 4.69) is 0 Å². The number of aromatic hydroxyl groups is 1. The van der Waals surface area contributed by atoms with Gasteiger partial charge in [-0.1, -0.05) is 13.8 Å².